The maximum atomic E-state index is 12.9. The van der Waals surface area contributed by atoms with Crippen LogP contribution < -0.4 is 0 Å². The zero-order chi connectivity index (χ0) is 19.2. The highest BCUT2D eigenvalue weighted by Gasteiger charge is 2.47. The Hall–Kier alpha value is -1.78. The van der Waals surface area contributed by atoms with Crippen LogP contribution >= 0.6 is 0 Å². The van der Waals surface area contributed by atoms with Gasteiger partial charge in [-0.15, -0.1) is 0 Å². The van der Waals surface area contributed by atoms with Gasteiger partial charge in [0.1, 0.15) is 0 Å². The van der Waals surface area contributed by atoms with Gasteiger partial charge in [0.15, 0.2) is 6.10 Å². The van der Waals surface area contributed by atoms with Crippen molar-refractivity contribution >= 4 is 5.90 Å². The third-order valence-corrected chi connectivity index (χ3v) is 3.29. The Bertz CT molecular complexity index is 579. The van der Waals surface area contributed by atoms with Gasteiger partial charge in [-0.3, -0.25) is 0 Å². The number of rotatable bonds is 4. The number of ether oxygens (including phenoxy) is 2. The molecule has 0 amide bonds. The second-order valence-corrected chi connectivity index (χ2v) is 4.93. The molecule has 10 heteroatoms. The molecular formula is C15H18F5NO4. The van der Waals surface area contributed by atoms with Crippen LogP contribution in [0.25, 0.3) is 0 Å². The fraction of sp³-hybridized carbons (Fsp3) is 0.533. The van der Waals surface area contributed by atoms with Gasteiger partial charge in [-0.05, 0) is 12.1 Å². The minimum atomic E-state index is -4.68. The fourth-order valence-corrected chi connectivity index (χ4v) is 2.27. The van der Waals surface area contributed by atoms with E-state index in [9.17, 15) is 27.1 Å². The Kier molecular flexibility index (Phi) is 7.71. The number of nitrogens with zero attached hydrogens (tertiary/aromatic N) is 1. The summed E-state index contributed by atoms with van der Waals surface area (Å²) >= 11 is 0. The molecule has 0 spiro atoms. The van der Waals surface area contributed by atoms with E-state index in [-0.39, 0.29) is 17.0 Å². The van der Waals surface area contributed by atoms with Crippen molar-refractivity contribution in [1.29, 1.82) is 0 Å². The Morgan fingerprint density at radius 3 is 2.44 bits per heavy atom. The van der Waals surface area contributed by atoms with E-state index < -0.39 is 37.5 Å². The predicted molar refractivity (Wildman–Crippen MR) is 78.4 cm³/mol. The van der Waals surface area contributed by atoms with E-state index in [1.165, 1.54) is 18.2 Å². The van der Waals surface area contributed by atoms with E-state index in [0.29, 0.717) is 0 Å². The van der Waals surface area contributed by atoms with E-state index in [1.807, 2.05) is 0 Å². The van der Waals surface area contributed by atoms with Gasteiger partial charge >= 0.3 is 6.18 Å². The van der Waals surface area contributed by atoms with Gasteiger partial charge in [0.25, 0.3) is 6.43 Å². The summed E-state index contributed by atoms with van der Waals surface area (Å²) < 4.78 is 73.6. The lowest BCUT2D eigenvalue weighted by Gasteiger charge is -2.31. The van der Waals surface area contributed by atoms with E-state index in [4.69, 9.17) is 9.84 Å². The van der Waals surface area contributed by atoms with Crippen molar-refractivity contribution in [3.05, 3.63) is 35.4 Å². The summed E-state index contributed by atoms with van der Waals surface area (Å²) in [6.07, 6.45) is -11.6. The Morgan fingerprint density at radius 1 is 1.28 bits per heavy atom. The number of benzene rings is 1. The lowest BCUT2D eigenvalue weighted by molar-refractivity contribution is -0.223. The largest absolute Gasteiger partial charge is 0.448 e. The van der Waals surface area contributed by atoms with Gasteiger partial charge in [0.05, 0.1) is 6.04 Å². The number of aliphatic hydroxyl groups is 2. The standard InChI is InChI=1S/C14H14F5NO3.CH4O/c1-22-11(14(17,18)19)9-6-10(21)23-13(20-9)8-4-2-3-7(5-8)12(15)16;1-2/h2-5,9-12,21H,6H2,1H3;2H,1H3. The normalized spacial score (nSPS) is 21.8. The first-order valence-corrected chi connectivity index (χ1v) is 7.07. The monoisotopic (exact) mass is 371 g/mol. The van der Waals surface area contributed by atoms with Crippen LogP contribution in [0.15, 0.2) is 29.3 Å². The summed E-state index contributed by atoms with van der Waals surface area (Å²) in [4.78, 5) is 3.79. The molecule has 3 unspecified atom stereocenters. The van der Waals surface area contributed by atoms with Crippen molar-refractivity contribution in [3.8, 4) is 0 Å². The van der Waals surface area contributed by atoms with E-state index in [1.54, 1.807) is 0 Å². The van der Waals surface area contributed by atoms with Crippen LogP contribution in [-0.4, -0.2) is 54.9 Å². The molecule has 2 rings (SSSR count). The predicted octanol–water partition coefficient (Wildman–Crippen LogP) is 2.66. The minimum absolute atomic E-state index is 0.0589. The highest BCUT2D eigenvalue weighted by atomic mass is 19.4. The summed E-state index contributed by atoms with van der Waals surface area (Å²) in [5.74, 6) is -0.331. The lowest BCUT2D eigenvalue weighted by Crippen LogP contribution is -2.45. The summed E-state index contributed by atoms with van der Waals surface area (Å²) in [5, 5.41) is 16.6. The van der Waals surface area contributed by atoms with Gasteiger partial charge in [-0.25, -0.2) is 13.8 Å². The van der Waals surface area contributed by atoms with Crippen LogP contribution in [0.3, 0.4) is 0 Å². The molecule has 1 aliphatic rings. The average molecular weight is 371 g/mol. The Balaban J connectivity index is 0.00000151. The smallest absolute Gasteiger partial charge is 0.416 e. The highest BCUT2D eigenvalue weighted by molar-refractivity contribution is 5.94. The van der Waals surface area contributed by atoms with Crippen LogP contribution in [0.1, 0.15) is 24.0 Å². The van der Waals surface area contributed by atoms with Crippen molar-refractivity contribution in [2.75, 3.05) is 14.2 Å². The summed E-state index contributed by atoms with van der Waals surface area (Å²) in [6, 6.07) is 3.44. The van der Waals surface area contributed by atoms with Crippen molar-refractivity contribution in [2.24, 2.45) is 4.99 Å². The maximum absolute atomic E-state index is 12.9. The number of aliphatic imine (C=N–C) groups is 1. The van der Waals surface area contributed by atoms with Gasteiger partial charge in [0, 0.05) is 31.8 Å². The highest BCUT2D eigenvalue weighted by Crippen LogP contribution is 2.31. The summed E-state index contributed by atoms with van der Waals surface area (Å²) in [7, 11) is 1.88. The molecule has 2 N–H and O–H groups in total. The molecule has 0 bridgehead atoms. The lowest BCUT2D eigenvalue weighted by atomic mass is 10.0. The molecule has 0 radical (unpaired) electrons. The minimum Gasteiger partial charge on any atom is -0.448 e. The molecule has 1 heterocycles. The molecular weight excluding hydrogens is 353 g/mol. The van der Waals surface area contributed by atoms with Crippen molar-refractivity contribution in [1.82, 2.24) is 0 Å². The van der Waals surface area contributed by atoms with Gasteiger partial charge in [-0.1, -0.05) is 12.1 Å². The molecule has 0 fully saturated rings. The topological polar surface area (TPSA) is 71.3 Å². The first-order chi connectivity index (χ1) is 11.7. The molecule has 1 aromatic carbocycles. The molecule has 0 aromatic heterocycles. The quantitative estimate of drug-likeness (QED) is 0.799. The first kappa shape index (κ1) is 21.3. The van der Waals surface area contributed by atoms with Gasteiger partial charge in [-0.2, -0.15) is 13.2 Å². The number of alkyl halides is 5. The van der Waals surface area contributed by atoms with Gasteiger partial charge < -0.3 is 19.7 Å². The molecule has 0 saturated carbocycles. The Labute approximate surface area is 140 Å². The molecule has 0 aliphatic carbocycles. The zero-order valence-electron chi connectivity index (χ0n) is 13.4. The van der Waals surface area contributed by atoms with Crippen LogP contribution in [0.4, 0.5) is 22.0 Å². The fourth-order valence-electron chi connectivity index (χ4n) is 2.27. The maximum Gasteiger partial charge on any atom is 0.416 e. The number of hydrogen-bond acceptors (Lipinski definition) is 5. The SMILES string of the molecule is CO.COC(C1CC(O)OC(c2cccc(C(F)F)c2)=N1)C(F)(F)F. The molecule has 25 heavy (non-hydrogen) atoms. The number of halogens is 5. The third kappa shape index (κ3) is 5.62. The molecule has 1 aromatic rings. The molecule has 0 saturated heterocycles. The van der Waals surface area contributed by atoms with Crippen LogP contribution in [-0.2, 0) is 9.47 Å². The average Bonchev–Trinajstić information content (AvgIpc) is 2.55. The van der Waals surface area contributed by atoms with Crippen LogP contribution in [0, 0.1) is 0 Å². The van der Waals surface area contributed by atoms with E-state index in [0.717, 1.165) is 20.3 Å². The molecule has 1 aliphatic heterocycles. The number of aliphatic hydroxyl groups excluding tert-OH is 2. The summed E-state index contributed by atoms with van der Waals surface area (Å²) in [5.41, 5.74) is -0.270. The van der Waals surface area contributed by atoms with E-state index in [2.05, 4.69) is 9.73 Å². The number of hydrogen-bond donors (Lipinski definition) is 2. The van der Waals surface area contributed by atoms with Crippen LogP contribution in [0.5, 0.6) is 0 Å². The van der Waals surface area contributed by atoms with E-state index >= 15 is 0 Å². The second kappa shape index (κ2) is 9.07. The van der Waals surface area contributed by atoms with Crippen molar-refractivity contribution in [3.63, 3.8) is 0 Å². The van der Waals surface area contributed by atoms with Crippen LogP contribution in [0.2, 0.25) is 0 Å². The number of methoxy groups -OCH3 is 1. The third-order valence-electron chi connectivity index (χ3n) is 3.29. The van der Waals surface area contributed by atoms with Crippen molar-refractivity contribution in [2.45, 2.75) is 37.5 Å². The molecule has 5 nitrogen and oxygen atoms in total. The molecule has 3 atom stereocenters. The summed E-state index contributed by atoms with van der Waals surface area (Å²) in [6.45, 7) is 0. The first-order valence-electron chi connectivity index (χ1n) is 7.07. The van der Waals surface area contributed by atoms with Crippen molar-refractivity contribution < 1.29 is 41.6 Å². The van der Waals surface area contributed by atoms with Gasteiger partial charge in [0.2, 0.25) is 12.2 Å². The molecule has 142 valence electrons. The second-order valence-electron chi connectivity index (χ2n) is 4.93. The Morgan fingerprint density at radius 2 is 1.92 bits per heavy atom. The zero-order valence-corrected chi connectivity index (χ0v) is 13.4.